The Balaban J connectivity index is 1.40. The molecule has 1 aromatic carbocycles. The van der Waals surface area contributed by atoms with Crippen molar-refractivity contribution in [3.8, 4) is 11.5 Å². The molecule has 0 saturated carbocycles. The minimum absolute atomic E-state index is 0.0103. The van der Waals surface area contributed by atoms with Crippen molar-refractivity contribution < 1.29 is 36.8 Å². The second-order valence-corrected chi connectivity index (χ2v) is 9.10. The molecule has 1 fully saturated rings. The van der Waals surface area contributed by atoms with Crippen LogP contribution in [-0.2, 0) is 27.3 Å². The number of carbonyl (C=O) groups is 2. The van der Waals surface area contributed by atoms with Gasteiger partial charge in [0, 0.05) is 30.1 Å². The maximum absolute atomic E-state index is 13.0. The molecule has 3 heterocycles. The van der Waals surface area contributed by atoms with Crippen LogP contribution in [0.5, 0.6) is 0 Å². The van der Waals surface area contributed by atoms with Crippen LogP contribution >= 0.6 is 0 Å². The number of hydrogen-bond donors (Lipinski definition) is 1. The van der Waals surface area contributed by atoms with Crippen LogP contribution in [0.1, 0.15) is 46.6 Å². The Morgan fingerprint density at radius 2 is 1.90 bits per heavy atom. The number of piperidine rings is 1. The van der Waals surface area contributed by atoms with Gasteiger partial charge >= 0.3 is 12.1 Å². The molecule has 0 unspecified atom stereocenters. The zero-order valence-corrected chi connectivity index (χ0v) is 21.4. The Kier molecular flexibility index (Phi) is 9.31. The number of halogens is 3. The number of ether oxygens (including phenoxy) is 1. The lowest BCUT2D eigenvalue weighted by molar-refractivity contribution is -0.230. The maximum atomic E-state index is 13.0. The van der Waals surface area contributed by atoms with Gasteiger partial charge in [-0.05, 0) is 81.6 Å². The summed E-state index contributed by atoms with van der Waals surface area (Å²) >= 11 is 0. The third kappa shape index (κ3) is 7.87. The molecule has 0 bridgehead atoms. The first-order chi connectivity index (χ1) is 18.7. The van der Waals surface area contributed by atoms with Crippen LogP contribution < -0.4 is 5.32 Å². The summed E-state index contributed by atoms with van der Waals surface area (Å²) in [5, 5.41) is 3.67. The number of hydroxylamine groups is 2. The zero-order chi connectivity index (χ0) is 27.8. The lowest BCUT2D eigenvalue weighted by Gasteiger charge is -2.22. The number of aromatic nitrogens is 2. The molecule has 0 aliphatic carbocycles. The van der Waals surface area contributed by atoms with E-state index in [1.807, 2.05) is 6.92 Å². The van der Waals surface area contributed by atoms with Gasteiger partial charge in [-0.2, -0.15) is 18.2 Å². The highest BCUT2D eigenvalue weighted by molar-refractivity contribution is 5.94. The number of nitrogens with zero attached hydrogens (tertiary/aromatic N) is 3. The van der Waals surface area contributed by atoms with Crippen molar-refractivity contribution in [2.75, 3.05) is 19.7 Å². The van der Waals surface area contributed by atoms with Gasteiger partial charge in [-0.3, -0.25) is 9.78 Å². The zero-order valence-electron chi connectivity index (χ0n) is 21.4. The van der Waals surface area contributed by atoms with Crippen molar-refractivity contribution in [3.05, 3.63) is 71.4 Å². The molecule has 4 rings (SSSR count). The molecule has 0 radical (unpaired) electrons. The van der Waals surface area contributed by atoms with Crippen LogP contribution in [0.2, 0.25) is 0 Å². The SMILES string of the molecule is Cc1oc(-c2ccc(C(=O)N(Cc3cccnc3)OC(=O)C(F)(F)F)cc2)nc1CCCOC1CCNCC1. The number of alkyl halides is 3. The number of amides is 1. The molecule has 3 aromatic rings. The van der Waals surface area contributed by atoms with E-state index in [0.29, 0.717) is 47.0 Å². The standard InChI is InChI=1S/C27H29F3N4O5/c1-18-23(5-3-15-37-22-10-13-31-14-11-22)33-24(38-18)20-6-8-21(9-7-20)25(35)34(39-26(36)27(28,29)30)17-19-4-2-12-32-16-19/h2,4,6-9,12,16,22,31H,3,5,10-11,13-15,17H2,1H3. The van der Waals surface area contributed by atoms with Crippen LogP contribution in [0.15, 0.2) is 53.2 Å². The van der Waals surface area contributed by atoms with Crippen molar-refractivity contribution in [2.45, 2.75) is 51.4 Å². The van der Waals surface area contributed by atoms with E-state index in [9.17, 15) is 22.8 Å². The predicted molar refractivity (Wildman–Crippen MR) is 133 cm³/mol. The first-order valence-corrected chi connectivity index (χ1v) is 12.6. The molecule has 1 saturated heterocycles. The minimum Gasteiger partial charge on any atom is -0.441 e. The number of nitrogens with one attached hydrogen (secondary N) is 1. The first kappa shape index (κ1) is 28.2. The summed E-state index contributed by atoms with van der Waals surface area (Å²) in [7, 11) is 0. The predicted octanol–water partition coefficient (Wildman–Crippen LogP) is 4.41. The van der Waals surface area contributed by atoms with Crippen molar-refractivity contribution >= 4 is 11.9 Å². The molecular formula is C27H29F3N4O5. The van der Waals surface area contributed by atoms with Crippen molar-refractivity contribution in [1.82, 2.24) is 20.3 Å². The number of oxazole rings is 1. The summed E-state index contributed by atoms with van der Waals surface area (Å²) in [6.45, 7) is 3.99. The molecule has 1 aliphatic rings. The second-order valence-electron chi connectivity index (χ2n) is 9.10. The fourth-order valence-corrected chi connectivity index (χ4v) is 4.09. The van der Waals surface area contributed by atoms with E-state index in [1.54, 1.807) is 24.3 Å². The van der Waals surface area contributed by atoms with Crippen molar-refractivity contribution in [3.63, 3.8) is 0 Å². The summed E-state index contributed by atoms with van der Waals surface area (Å²) in [4.78, 5) is 37.3. The highest BCUT2D eigenvalue weighted by atomic mass is 19.4. The smallest absolute Gasteiger partial charge is 0.441 e. The van der Waals surface area contributed by atoms with Gasteiger partial charge < -0.3 is 19.3 Å². The normalized spacial score (nSPS) is 14.3. The first-order valence-electron chi connectivity index (χ1n) is 12.6. The average molecular weight is 547 g/mol. The van der Waals surface area contributed by atoms with Gasteiger partial charge in [0.25, 0.3) is 5.91 Å². The number of carbonyl (C=O) groups excluding carboxylic acids is 2. The van der Waals surface area contributed by atoms with Gasteiger partial charge in [-0.15, -0.1) is 0 Å². The van der Waals surface area contributed by atoms with Crippen LogP contribution in [0.4, 0.5) is 13.2 Å². The Hall–Kier alpha value is -3.77. The summed E-state index contributed by atoms with van der Waals surface area (Å²) in [6, 6.07) is 9.03. The molecule has 1 aliphatic heterocycles. The lowest BCUT2D eigenvalue weighted by atomic mass is 10.1. The van der Waals surface area contributed by atoms with Gasteiger partial charge in [-0.25, -0.2) is 9.78 Å². The fourth-order valence-electron chi connectivity index (χ4n) is 4.09. The largest absolute Gasteiger partial charge is 0.493 e. The second kappa shape index (κ2) is 12.9. The highest BCUT2D eigenvalue weighted by Gasteiger charge is 2.43. The Morgan fingerprint density at radius 1 is 1.15 bits per heavy atom. The topological polar surface area (TPSA) is 107 Å². The van der Waals surface area contributed by atoms with E-state index in [-0.39, 0.29) is 5.56 Å². The van der Waals surface area contributed by atoms with Crippen molar-refractivity contribution in [2.24, 2.45) is 0 Å². The fraction of sp³-hybridized carbons (Fsp3) is 0.407. The molecule has 9 nitrogen and oxygen atoms in total. The van der Waals surface area contributed by atoms with Crippen LogP contribution in [0.25, 0.3) is 11.5 Å². The van der Waals surface area contributed by atoms with E-state index in [1.165, 1.54) is 24.5 Å². The molecule has 12 heteroatoms. The van der Waals surface area contributed by atoms with Crippen LogP contribution in [0, 0.1) is 6.92 Å². The van der Waals surface area contributed by atoms with E-state index in [0.717, 1.165) is 38.0 Å². The van der Waals surface area contributed by atoms with Crippen molar-refractivity contribution in [1.29, 1.82) is 0 Å². The molecule has 0 spiro atoms. The molecule has 1 amide bonds. The Bertz CT molecular complexity index is 1240. The van der Waals surface area contributed by atoms with Gasteiger partial charge in [0.15, 0.2) is 0 Å². The summed E-state index contributed by atoms with van der Waals surface area (Å²) < 4.78 is 50.2. The molecule has 208 valence electrons. The third-order valence-electron chi connectivity index (χ3n) is 6.17. The summed E-state index contributed by atoms with van der Waals surface area (Å²) in [5.41, 5.74) is 1.77. The third-order valence-corrected chi connectivity index (χ3v) is 6.17. The number of benzene rings is 1. The minimum atomic E-state index is -5.27. The molecule has 1 N–H and O–H groups in total. The van der Waals surface area contributed by atoms with E-state index in [2.05, 4.69) is 20.1 Å². The van der Waals surface area contributed by atoms with Gasteiger partial charge in [0.1, 0.15) is 5.76 Å². The Morgan fingerprint density at radius 3 is 2.56 bits per heavy atom. The quantitative estimate of drug-likeness (QED) is 0.311. The van der Waals surface area contributed by atoms with E-state index < -0.39 is 24.6 Å². The number of aryl methyl sites for hydroxylation is 2. The molecule has 0 atom stereocenters. The van der Waals surface area contributed by atoms with Gasteiger partial charge in [0.05, 0.1) is 18.3 Å². The summed E-state index contributed by atoms with van der Waals surface area (Å²) in [5.74, 6) is -2.40. The Labute approximate surface area is 223 Å². The average Bonchev–Trinajstić information content (AvgIpc) is 3.31. The van der Waals surface area contributed by atoms with E-state index in [4.69, 9.17) is 9.15 Å². The van der Waals surface area contributed by atoms with Crippen LogP contribution in [-0.4, -0.2) is 58.9 Å². The number of hydrogen-bond acceptors (Lipinski definition) is 8. The number of pyridine rings is 1. The maximum Gasteiger partial charge on any atom is 0.493 e. The van der Waals surface area contributed by atoms with Gasteiger partial charge in [0.2, 0.25) is 5.89 Å². The number of rotatable bonds is 9. The molecule has 2 aromatic heterocycles. The molecule has 39 heavy (non-hydrogen) atoms. The summed E-state index contributed by atoms with van der Waals surface area (Å²) in [6.07, 6.45) is 1.35. The molecular weight excluding hydrogens is 517 g/mol. The van der Waals surface area contributed by atoms with Crippen LogP contribution in [0.3, 0.4) is 0 Å². The monoisotopic (exact) mass is 546 g/mol. The van der Waals surface area contributed by atoms with Gasteiger partial charge in [-0.1, -0.05) is 6.07 Å². The lowest BCUT2D eigenvalue weighted by Crippen LogP contribution is -2.38. The van der Waals surface area contributed by atoms with E-state index >= 15 is 0 Å². The highest BCUT2D eigenvalue weighted by Crippen LogP contribution is 2.24.